The predicted molar refractivity (Wildman–Crippen MR) is 122 cm³/mol. The molecular weight excluding hydrogens is 439 g/mol. The fraction of sp³-hybridized carbons (Fsp3) is 0.571. The van der Waals surface area contributed by atoms with Crippen LogP contribution in [0.5, 0.6) is 0 Å². The lowest BCUT2D eigenvalue weighted by Gasteiger charge is -2.37. The maximum absolute atomic E-state index is 14.9. The molecule has 2 aliphatic rings. The van der Waals surface area contributed by atoms with Gasteiger partial charge in [0, 0.05) is 33.3 Å². The number of piperazine rings is 1. The number of aliphatic hydroxyl groups excluding tert-OH is 1. The number of halogens is 1. The monoisotopic (exact) mass is 468 g/mol. The minimum atomic E-state index is -1.20. The van der Waals surface area contributed by atoms with Crippen molar-refractivity contribution >= 4 is 40.6 Å². The number of benzene rings is 1. The molecule has 2 unspecified atom stereocenters. The highest BCUT2D eigenvalue weighted by Gasteiger charge is 2.33. The molecule has 176 valence electrons. The van der Waals surface area contributed by atoms with Gasteiger partial charge in [-0.1, -0.05) is 19.1 Å². The number of carbonyl (C=O) groups is 2. The summed E-state index contributed by atoms with van der Waals surface area (Å²) in [6.45, 7) is 4.20. The zero-order valence-electron chi connectivity index (χ0n) is 18.3. The summed E-state index contributed by atoms with van der Waals surface area (Å²) in [5, 5.41) is 12.9. The lowest BCUT2D eigenvalue weighted by atomic mass is 10.2. The Hall–Kier alpha value is -2.50. The molecule has 0 spiro atoms. The van der Waals surface area contributed by atoms with Crippen molar-refractivity contribution in [3.63, 3.8) is 0 Å². The van der Waals surface area contributed by atoms with Gasteiger partial charge in [-0.2, -0.15) is 0 Å². The summed E-state index contributed by atoms with van der Waals surface area (Å²) in [6.07, 6.45) is -1.37. The SMILES string of the molecule is CCC(=S)NCC1CN(c2ccc(N3CCN(C(=O)C(O)COC)CC3)c(F)c2)C(=O)O1. The third-order valence-electron chi connectivity index (χ3n) is 5.51. The molecule has 2 saturated heterocycles. The second kappa shape index (κ2) is 10.9. The molecule has 2 heterocycles. The van der Waals surface area contributed by atoms with E-state index in [-0.39, 0.29) is 12.7 Å². The van der Waals surface area contributed by atoms with E-state index in [4.69, 9.17) is 21.7 Å². The third-order valence-corrected chi connectivity index (χ3v) is 5.94. The van der Waals surface area contributed by atoms with Gasteiger partial charge in [-0.05, 0) is 24.6 Å². The first-order valence-corrected chi connectivity index (χ1v) is 11.0. The van der Waals surface area contributed by atoms with E-state index in [9.17, 15) is 19.1 Å². The number of amides is 2. The first kappa shape index (κ1) is 24.1. The number of ether oxygens (including phenoxy) is 2. The van der Waals surface area contributed by atoms with Gasteiger partial charge in [-0.15, -0.1) is 0 Å². The lowest BCUT2D eigenvalue weighted by molar-refractivity contribution is -0.143. The number of carbonyl (C=O) groups excluding carboxylic acids is 2. The van der Waals surface area contributed by atoms with E-state index in [1.807, 2.05) is 11.8 Å². The highest BCUT2D eigenvalue weighted by atomic mass is 32.1. The number of thiocarbonyl (C=S) groups is 1. The molecule has 32 heavy (non-hydrogen) atoms. The molecule has 9 nitrogen and oxygen atoms in total. The summed E-state index contributed by atoms with van der Waals surface area (Å²) < 4.78 is 25.1. The molecule has 0 aliphatic carbocycles. The van der Waals surface area contributed by atoms with Crippen molar-refractivity contribution in [2.75, 3.05) is 62.8 Å². The summed E-state index contributed by atoms with van der Waals surface area (Å²) in [7, 11) is 1.42. The van der Waals surface area contributed by atoms with Crippen LogP contribution >= 0.6 is 12.2 Å². The van der Waals surface area contributed by atoms with Gasteiger partial charge in [0.2, 0.25) is 0 Å². The summed E-state index contributed by atoms with van der Waals surface area (Å²) in [5.41, 5.74) is 0.825. The number of nitrogens with zero attached hydrogens (tertiary/aromatic N) is 3. The second-order valence-corrected chi connectivity index (χ2v) is 8.19. The molecule has 1 aromatic carbocycles. The van der Waals surface area contributed by atoms with Gasteiger partial charge in [0.05, 0.1) is 36.1 Å². The Kier molecular flexibility index (Phi) is 8.21. The number of hydrogen-bond donors (Lipinski definition) is 2. The smallest absolute Gasteiger partial charge is 0.414 e. The highest BCUT2D eigenvalue weighted by molar-refractivity contribution is 7.80. The maximum atomic E-state index is 14.9. The Bertz CT molecular complexity index is 849. The standard InChI is InChI=1S/C21H29FN4O5S/c1-3-19(32)23-11-15-12-26(21(29)31-15)14-4-5-17(16(22)10-14)24-6-8-25(9-7-24)20(28)18(27)13-30-2/h4-5,10,15,18,27H,3,6-9,11-13H2,1-2H3,(H,23,32). The van der Waals surface area contributed by atoms with Crippen LogP contribution in [0.25, 0.3) is 0 Å². The summed E-state index contributed by atoms with van der Waals surface area (Å²) in [5.74, 6) is -0.846. The van der Waals surface area contributed by atoms with Gasteiger partial charge in [-0.25, -0.2) is 9.18 Å². The number of aliphatic hydroxyl groups is 1. The maximum Gasteiger partial charge on any atom is 0.414 e. The van der Waals surface area contributed by atoms with Crippen LogP contribution in [0.15, 0.2) is 18.2 Å². The van der Waals surface area contributed by atoms with Gasteiger partial charge in [0.25, 0.3) is 5.91 Å². The zero-order valence-corrected chi connectivity index (χ0v) is 19.1. The normalized spacial score (nSPS) is 19.7. The first-order chi connectivity index (χ1) is 15.3. The van der Waals surface area contributed by atoms with E-state index >= 15 is 0 Å². The van der Waals surface area contributed by atoms with Crippen LogP contribution < -0.4 is 15.1 Å². The number of nitrogens with one attached hydrogen (secondary N) is 1. The van der Waals surface area contributed by atoms with Crippen LogP contribution in [0.4, 0.5) is 20.6 Å². The Labute approximate surface area is 192 Å². The molecule has 0 radical (unpaired) electrons. The molecule has 11 heteroatoms. The van der Waals surface area contributed by atoms with Gasteiger partial charge in [0.15, 0.2) is 6.10 Å². The molecule has 2 atom stereocenters. The highest BCUT2D eigenvalue weighted by Crippen LogP contribution is 2.28. The minimum Gasteiger partial charge on any atom is -0.442 e. The minimum absolute atomic E-state index is 0.0593. The Morgan fingerprint density at radius 2 is 2.09 bits per heavy atom. The van der Waals surface area contributed by atoms with E-state index in [1.54, 1.807) is 17.0 Å². The summed E-state index contributed by atoms with van der Waals surface area (Å²) >= 11 is 5.12. The topological polar surface area (TPSA) is 94.6 Å². The average Bonchev–Trinajstić information content (AvgIpc) is 3.17. The summed E-state index contributed by atoms with van der Waals surface area (Å²) in [4.78, 5) is 29.9. The van der Waals surface area contributed by atoms with E-state index < -0.39 is 23.9 Å². The zero-order chi connectivity index (χ0) is 23.3. The van der Waals surface area contributed by atoms with Crippen LogP contribution in [-0.4, -0.2) is 92.2 Å². The molecule has 2 fully saturated rings. The van der Waals surface area contributed by atoms with Crippen LogP contribution in [0.1, 0.15) is 13.3 Å². The third kappa shape index (κ3) is 5.64. The second-order valence-electron chi connectivity index (χ2n) is 7.69. The molecular formula is C21H29FN4O5S. The van der Waals surface area contributed by atoms with Crippen molar-refractivity contribution < 1.29 is 28.6 Å². The molecule has 2 aliphatic heterocycles. The largest absolute Gasteiger partial charge is 0.442 e. The van der Waals surface area contributed by atoms with Crippen molar-refractivity contribution in [2.45, 2.75) is 25.6 Å². The van der Waals surface area contributed by atoms with Crippen molar-refractivity contribution in [1.82, 2.24) is 10.2 Å². The molecule has 0 bridgehead atoms. The fourth-order valence-electron chi connectivity index (χ4n) is 3.72. The fourth-order valence-corrected chi connectivity index (χ4v) is 3.80. The molecule has 1 aromatic rings. The van der Waals surface area contributed by atoms with Crippen LogP contribution in [0, 0.1) is 5.82 Å². The number of anilines is 2. The van der Waals surface area contributed by atoms with Crippen LogP contribution in [0.3, 0.4) is 0 Å². The van der Waals surface area contributed by atoms with Gasteiger partial charge in [0.1, 0.15) is 11.9 Å². The number of rotatable bonds is 8. The summed E-state index contributed by atoms with van der Waals surface area (Å²) in [6, 6.07) is 4.64. The number of hydrogen-bond acceptors (Lipinski definition) is 7. The van der Waals surface area contributed by atoms with Crippen molar-refractivity contribution in [2.24, 2.45) is 0 Å². The van der Waals surface area contributed by atoms with E-state index in [2.05, 4.69) is 5.32 Å². The van der Waals surface area contributed by atoms with Crippen LogP contribution in [-0.2, 0) is 14.3 Å². The van der Waals surface area contributed by atoms with Gasteiger partial charge in [-0.3, -0.25) is 9.69 Å². The van der Waals surface area contributed by atoms with Crippen molar-refractivity contribution in [3.05, 3.63) is 24.0 Å². The quantitative estimate of drug-likeness (QED) is 0.549. The lowest BCUT2D eigenvalue weighted by Crippen LogP contribution is -2.52. The van der Waals surface area contributed by atoms with Gasteiger partial charge < -0.3 is 29.7 Å². The van der Waals surface area contributed by atoms with Crippen molar-refractivity contribution in [3.8, 4) is 0 Å². The van der Waals surface area contributed by atoms with Gasteiger partial charge >= 0.3 is 6.09 Å². The average molecular weight is 469 g/mol. The van der Waals surface area contributed by atoms with Crippen LogP contribution in [0.2, 0.25) is 0 Å². The first-order valence-electron chi connectivity index (χ1n) is 10.6. The molecule has 2 N–H and O–H groups in total. The number of cyclic esters (lactones) is 1. The molecule has 0 saturated carbocycles. The Morgan fingerprint density at radius 1 is 1.38 bits per heavy atom. The Morgan fingerprint density at radius 3 is 2.72 bits per heavy atom. The number of methoxy groups -OCH3 is 1. The van der Waals surface area contributed by atoms with E-state index in [0.29, 0.717) is 62.1 Å². The molecule has 2 amide bonds. The molecule has 3 rings (SSSR count). The van der Waals surface area contributed by atoms with Crippen molar-refractivity contribution in [1.29, 1.82) is 0 Å². The van der Waals surface area contributed by atoms with E-state index in [1.165, 1.54) is 18.1 Å². The predicted octanol–water partition coefficient (Wildman–Crippen LogP) is 1.13. The van der Waals surface area contributed by atoms with E-state index in [0.717, 1.165) is 0 Å². The molecule has 0 aromatic heterocycles. The Balaban J connectivity index is 1.58.